The predicted octanol–water partition coefficient (Wildman–Crippen LogP) is 1.31. The lowest BCUT2D eigenvalue weighted by Gasteiger charge is -2.08. The number of nitrogens with one attached hydrogen (secondary N) is 1. The molecule has 0 radical (unpaired) electrons. The van der Waals surface area contributed by atoms with Gasteiger partial charge in [0, 0.05) is 17.9 Å². The number of rotatable bonds is 4. The van der Waals surface area contributed by atoms with Gasteiger partial charge in [-0.25, -0.2) is 9.97 Å². The molecule has 2 N–H and O–H groups in total. The number of hydrogen-bond acceptors (Lipinski definition) is 4. The van der Waals surface area contributed by atoms with Crippen LogP contribution in [0.5, 0.6) is 0 Å². The van der Waals surface area contributed by atoms with Crippen LogP contribution >= 0.6 is 0 Å². The van der Waals surface area contributed by atoms with Crippen molar-refractivity contribution in [3.05, 3.63) is 17.5 Å². The fourth-order valence-electron chi connectivity index (χ4n) is 1.14. The van der Waals surface area contributed by atoms with Crippen LogP contribution in [0, 0.1) is 6.92 Å². The van der Waals surface area contributed by atoms with Crippen LogP contribution in [0.4, 0.5) is 5.95 Å². The highest BCUT2D eigenvalue weighted by Gasteiger charge is 2.04. The van der Waals surface area contributed by atoms with Gasteiger partial charge in [0.25, 0.3) is 0 Å². The molecule has 4 nitrogen and oxygen atoms in total. The minimum Gasteiger partial charge on any atom is -0.395 e. The molecule has 0 fully saturated rings. The van der Waals surface area contributed by atoms with Crippen LogP contribution in [0.1, 0.15) is 31.2 Å². The summed E-state index contributed by atoms with van der Waals surface area (Å²) in [6.07, 6.45) is 0. The number of aliphatic hydroxyl groups excluding tert-OH is 1. The lowest BCUT2D eigenvalue weighted by Crippen LogP contribution is -2.10. The van der Waals surface area contributed by atoms with Crippen LogP contribution in [0.2, 0.25) is 0 Å². The summed E-state index contributed by atoms with van der Waals surface area (Å²) < 4.78 is 0. The molecule has 0 spiro atoms. The molecule has 1 rings (SSSR count). The largest absolute Gasteiger partial charge is 0.395 e. The van der Waals surface area contributed by atoms with Gasteiger partial charge >= 0.3 is 0 Å². The van der Waals surface area contributed by atoms with Crippen molar-refractivity contribution in [1.29, 1.82) is 0 Å². The molecule has 0 aliphatic carbocycles. The van der Waals surface area contributed by atoms with E-state index in [2.05, 4.69) is 29.1 Å². The molecule has 0 unspecified atom stereocenters. The van der Waals surface area contributed by atoms with E-state index in [1.807, 2.05) is 13.0 Å². The third-order valence-electron chi connectivity index (χ3n) is 1.86. The molecule has 0 saturated heterocycles. The van der Waals surface area contributed by atoms with Gasteiger partial charge < -0.3 is 10.4 Å². The molecule has 0 aliphatic rings. The third kappa shape index (κ3) is 2.96. The number of hydrogen-bond donors (Lipinski definition) is 2. The van der Waals surface area contributed by atoms with Crippen molar-refractivity contribution in [3.8, 4) is 0 Å². The molecule has 78 valence electrons. The Morgan fingerprint density at radius 3 is 2.71 bits per heavy atom. The Labute approximate surface area is 84.4 Å². The van der Waals surface area contributed by atoms with Crippen molar-refractivity contribution >= 4 is 5.95 Å². The topological polar surface area (TPSA) is 58.0 Å². The first kappa shape index (κ1) is 10.9. The van der Waals surface area contributed by atoms with E-state index in [9.17, 15) is 0 Å². The summed E-state index contributed by atoms with van der Waals surface area (Å²) in [6.45, 7) is 6.71. The first-order valence-electron chi connectivity index (χ1n) is 4.83. The zero-order valence-electron chi connectivity index (χ0n) is 8.91. The van der Waals surface area contributed by atoms with Crippen LogP contribution in [-0.2, 0) is 0 Å². The summed E-state index contributed by atoms with van der Waals surface area (Å²) in [5, 5.41) is 11.6. The summed E-state index contributed by atoms with van der Waals surface area (Å²) >= 11 is 0. The van der Waals surface area contributed by atoms with E-state index < -0.39 is 0 Å². The molecule has 0 bridgehead atoms. The van der Waals surface area contributed by atoms with Crippen LogP contribution < -0.4 is 5.32 Å². The zero-order chi connectivity index (χ0) is 10.6. The Morgan fingerprint density at radius 2 is 2.14 bits per heavy atom. The molecule has 0 saturated carbocycles. The molecule has 4 heteroatoms. The fraction of sp³-hybridized carbons (Fsp3) is 0.600. The van der Waals surface area contributed by atoms with Gasteiger partial charge in [0.05, 0.1) is 6.61 Å². The normalized spacial score (nSPS) is 10.6. The zero-order valence-corrected chi connectivity index (χ0v) is 8.91. The molecule has 0 amide bonds. The summed E-state index contributed by atoms with van der Waals surface area (Å²) in [6, 6.07) is 1.98. The summed E-state index contributed by atoms with van der Waals surface area (Å²) in [7, 11) is 0. The van der Waals surface area contributed by atoms with E-state index in [1.54, 1.807) is 0 Å². The van der Waals surface area contributed by atoms with E-state index in [0.29, 0.717) is 18.4 Å². The van der Waals surface area contributed by atoms with Gasteiger partial charge in [-0.2, -0.15) is 0 Å². The van der Waals surface area contributed by atoms with Gasteiger partial charge in [0.1, 0.15) is 0 Å². The average Bonchev–Trinajstić information content (AvgIpc) is 2.14. The summed E-state index contributed by atoms with van der Waals surface area (Å²) in [4.78, 5) is 8.56. The number of aliphatic hydroxyl groups is 1. The highest BCUT2D eigenvalue weighted by atomic mass is 16.3. The average molecular weight is 195 g/mol. The Hall–Kier alpha value is -1.16. The molecule has 1 aromatic rings. The Balaban J connectivity index is 2.84. The van der Waals surface area contributed by atoms with Crippen molar-refractivity contribution in [2.24, 2.45) is 0 Å². The van der Waals surface area contributed by atoms with Crippen molar-refractivity contribution in [2.75, 3.05) is 18.5 Å². The highest BCUT2D eigenvalue weighted by Crippen LogP contribution is 2.13. The second-order valence-corrected chi connectivity index (χ2v) is 3.56. The second-order valence-electron chi connectivity index (χ2n) is 3.56. The first-order valence-corrected chi connectivity index (χ1v) is 4.83. The van der Waals surface area contributed by atoms with Crippen molar-refractivity contribution < 1.29 is 5.11 Å². The van der Waals surface area contributed by atoms with E-state index in [0.717, 1.165) is 11.4 Å². The van der Waals surface area contributed by atoms with Gasteiger partial charge in [0.15, 0.2) is 0 Å². The molecule has 0 aliphatic heterocycles. The summed E-state index contributed by atoms with van der Waals surface area (Å²) in [5.41, 5.74) is 1.97. The highest BCUT2D eigenvalue weighted by molar-refractivity contribution is 5.28. The smallest absolute Gasteiger partial charge is 0.223 e. The maximum atomic E-state index is 8.66. The van der Waals surface area contributed by atoms with Crippen molar-refractivity contribution in [1.82, 2.24) is 9.97 Å². The van der Waals surface area contributed by atoms with Crippen LogP contribution in [0.3, 0.4) is 0 Å². The van der Waals surface area contributed by atoms with Gasteiger partial charge in [-0.3, -0.25) is 0 Å². The van der Waals surface area contributed by atoms with Gasteiger partial charge in [0.2, 0.25) is 5.95 Å². The van der Waals surface area contributed by atoms with Gasteiger partial charge in [-0.15, -0.1) is 0 Å². The SMILES string of the molecule is Cc1cc(C(C)C)nc(NCCO)n1. The molecule has 14 heavy (non-hydrogen) atoms. The lowest BCUT2D eigenvalue weighted by molar-refractivity contribution is 0.310. The predicted molar refractivity (Wildman–Crippen MR) is 56.4 cm³/mol. The molecular weight excluding hydrogens is 178 g/mol. The van der Waals surface area contributed by atoms with Crippen LogP contribution in [0.15, 0.2) is 6.07 Å². The van der Waals surface area contributed by atoms with E-state index >= 15 is 0 Å². The monoisotopic (exact) mass is 195 g/mol. The minimum atomic E-state index is 0.0916. The van der Waals surface area contributed by atoms with Gasteiger partial charge in [-0.1, -0.05) is 13.8 Å². The standard InChI is InChI=1S/C10H17N3O/c1-7(2)9-6-8(3)12-10(13-9)11-4-5-14/h6-7,14H,4-5H2,1-3H3,(H,11,12,13). The second kappa shape index (κ2) is 4.91. The summed E-state index contributed by atoms with van der Waals surface area (Å²) in [5.74, 6) is 0.995. The number of nitrogens with zero attached hydrogens (tertiary/aromatic N) is 2. The number of aromatic nitrogens is 2. The van der Waals surface area contributed by atoms with E-state index in [-0.39, 0.29) is 6.61 Å². The van der Waals surface area contributed by atoms with Crippen molar-refractivity contribution in [3.63, 3.8) is 0 Å². The molecule has 1 aromatic heterocycles. The van der Waals surface area contributed by atoms with Crippen LogP contribution in [-0.4, -0.2) is 28.2 Å². The minimum absolute atomic E-state index is 0.0916. The number of aryl methyl sites for hydroxylation is 1. The maximum absolute atomic E-state index is 8.66. The molecule has 0 atom stereocenters. The Bertz CT molecular complexity index is 299. The lowest BCUT2D eigenvalue weighted by atomic mass is 10.1. The molecule has 1 heterocycles. The number of anilines is 1. The quantitative estimate of drug-likeness (QED) is 0.760. The van der Waals surface area contributed by atoms with E-state index in [1.165, 1.54) is 0 Å². The van der Waals surface area contributed by atoms with E-state index in [4.69, 9.17) is 5.11 Å². The third-order valence-corrected chi connectivity index (χ3v) is 1.86. The molecular formula is C10H17N3O. The fourth-order valence-corrected chi connectivity index (χ4v) is 1.14. The maximum Gasteiger partial charge on any atom is 0.223 e. The van der Waals surface area contributed by atoms with Gasteiger partial charge in [-0.05, 0) is 18.9 Å². The molecule has 0 aromatic carbocycles. The Kier molecular flexibility index (Phi) is 3.83. The van der Waals surface area contributed by atoms with Crippen LogP contribution in [0.25, 0.3) is 0 Å². The first-order chi connectivity index (χ1) is 6.63. The van der Waals surface area contributed by atoms with Crippen molar-refractivity contribution in [2.45, 2.75) is 26.7 Å². The Morgan fingerprint density at radius 1 is 1.43 bits per heavy atom.